The second kappa shape index (κ2) is 8.23. The van der Waals surface area contributed by atoms with Crippen LogP contribution in [-0.2, 0) is 0 Å². The SMILES string of the molecule is Fc1ccc(NC(=S)NC[C@H](c2ccccc2)c2c[nH]c3ccccc23)cc1. The Morgan fingerprint density at radius 3 is 2.43 bits per heavy atom. The molecule has 3 N–H and O–H groups in total. The van der Waals surface area contributed by atoms with Crippen molar-refractivity contribution in [3.05, 3.63) is 102 Å². The molecule has 0 bridgehead atoms. The van der Waals surface area contributed by atoms with Gasteiger partial charge in [-0.15, -0.1) is 0 Å². The van der Waals surface area contributed by atoms with Gasteiger partial charge in [-0.1, -0.05) is 48.5 Å². The zero-order valence-corrected chi connectivity index (χ0v) is 16.0. The zero-order valence-electron chi connectivity index (χ0n) is 15.2. The third kappa shape index (κ3) is 4.05. The number of thiocarbonyl (C=S) groups is 1. The molecule has 140 valence electrons. The summed E-state index contributed by atoms with van der Waals surface area (Å²) in [4.78, 5) is 3.36. The van der Waals surface area contributed by atoms with Crippen molar-refractivity contribution < 1.29 is 4.39 Å². The van der Waals surface area contributed by atoms with E-state index in [1.54, 1.807) is 12.1 Å². The van der Waals surface area contributed by atoms with Crippen LogP contribution in [0.3, 0.4) is 0 Å². The Hall–Kier alpha value is -3.18. The van der Waals surface area contributed by atoms with Crippen LogP contribution >= 0.6 is 12.2 Å². The van der Waals surface area contributed by atoms with Crippen LogP contribution in [0.25, 0.3) is 10.9 Å². The quantitative estimate of drug-likeness (QED) is 0.399. The molecule has 0 spiro atoms. The largest absolute Gasteiger partial charge is 0.361 e. The number of anilines is 1. The molecule has 28 heavy (non-hydrogen) atoms. The molecule has 0 unspecified atom stereocenters. The topological polar surface area (TPSA) is 39.8 Å². The molecule has 1 heterocycles. The van der Waals surface area contributed by atoms with Crippen molar-refractivity contribution in [3.8, 4) is 0 Å². The van der Waals surface area contributed by atoms with E-state index in [0.29, 0.717) is 11.7 Å². The Morgan fingerprint density at radius 1 is 0.929 bits per heavy atom. The van der Waals surface area contributed by atoms with E-state index in [1.807, 2.05) is 24.3 Å². The molecule has 5 heteroatoms. The molecule has 0 aliphatic heterocycles. The first kappa shape index (κ1) is 18.2. The summed E-state index contributed by atoms with van der Waals surface area (Å²) in [6.07, 6.45) is 2.07. The molecule has 0 aliphatic rings. The number of para-hydroxylation sites is 1. The normalized spacial score (nSPS) is 11.9. The number of fused-ring (bicyclic) bond motifs is 1. The van der Waals surface area contributed by atoms with Crippen molar-refractivity contribution in [2.45, 2.75) is 5.92 Å². The maximum absolute atomic E-state index is 13.1. The van der Waals surface area contributed by atoms with Crippen molar-refractivity contribution in [2.24, 2.45) is 0 Å². The minimum Gasteiger partial charge on any atom is -0.361 e. The molecule has 0 fully saturated rings. The second-order valence-corrected chi connectivity index (χ2v) is 7.00. The van der Waals surface area contributed by atoms with Gasteiger partial charge in [-0.25, -0.2) is 4.39 Å². The summed E-state index contributed by atoms with van der Waals surface area (Å²) in [5, 5.41) is 8.13. The van der Waals surface area contributed by atoms with E-state index >= 15 is 0 Å². The molecule has 0 saturated carbocycles. The lowest BCUT2D eigenvalue weighted by molar-refractivity contribution is 0.628. The first-order valence-electron chi connectivity index (χ1n) is 9.12. The molecule has 4 rings (SSSR count). The molecule has 4 aromatic rings. The molecule has 1 aromatic heterocycles. The highest BCUT2D eigenvalue weighted by atomic mass is 32.1. The van der Waals surface area contributed by atoms with Gasteiger partial charge in [-0.2, -0.15) is 0 Å². The minimum absolute atomic E-state index is 0.130. The smallest absolute Gasteiger partial charge is 0.170 e. The van der Waals surface area contributed by atoms with Gasteiger partial charge >= 0.3 is 0 Å². The Bertz CT molecular complexity index is 1070. The highest BCUT2D eigenvalue weighted by molar-refractivity contribution is 7.80. The van der Waals surface area contributed by atoms with Gasteiger partial charge in [0.1, 0.15) is 5.82 Å². The fraction of sp³-hybridized carbons (Fsp3) is 0.0870. The second-order valence-electron chi connectivity index (χ2n) is 6.59. The summed E-state index contributed by atoms with van der Waals surface area (Å²) in [6, 6.07) is 24.8. The summed E-state index contributed by atoms with van der Waals surface area (Å²) in [5.41, 5.74) is 4.30. The van der Waals surface area contributed by atoms with E-state index in [4.69, 9.17) is 12.2 Å². The standard InChI is InChI=1S/C23H20FN3S/c24-17-10-12-18(13-11-17)27-23(28)26-14-20(16-6-2-1-3-7-16)21-15-25-22-9-5-4-8-19(21)22/h1-13,15,20,25H,14H2,(H2,26,27,28)/t20-/m1/s1. The van der Waals surface area contributed by atoms with Crippen LogP contribution in [0.15, 0.2) is 85.1 Å². The van der Waals surface area contributed by atoms with Crippen molar-refractivity contribution in [1.29, 1.82) is 0 Å². The molecule has 3 aromatic carbocycles. The summed E-state index contributed by atoms with van der Waals surface area (Å²) < 4.78 is 13.1. The summed E-state index contributed by atoms with van der Waals surface area (Å²) in [7, 11) is 0. The van der Waals surface area contributed by atoms with Crippen molar-refractivity contribution in [3.63, 3.8) is 0 Å². The Morgan fingerprint density at radius 2 is 1.64 bits per heavy atom. The van der Waals surface area contributed by atoms with Gasteiger partial charge in [0.05, 0.1) is 0 Å². The average Bonchev–Trinajstić information content (AvgIpc) is 3.15. The minimum atomic E-state index is -0.270. The van der Waals surface area contributed by atoms with E-state index in [2.05, 4.69) is 52.1 Å². The fourth-order valence-electron chi connectivity index (χ4n) is 3.38. The Labute approximate surface area is 168 Å². The van der Waals surface area contributed by atoms with Crippen LogP contribution in [0.4, 0.5) is 10.1 Å². The molecule has 0 saturated heterocycles. The van der Waals surface area contributed by atoms with Crippen LogP contribution in [0.2, 0.25) is 0 Å². The molecule has 3 nitrogen and oxygen atoms in total. The van der Waals surface area contributed by atoms with Crippen LogP contribution in [0.1, 0.15) is 17.0 Å². The molecule has 0 amide bonds. The fourth-order valence-corrected chi connectivity index (χ4v) is 3.58. The highest BCUT2D eigenvalue weighted by Crippen LogP contribution is 2.30. The number of hydrogen-bond acceptors (Lipinski definition) is 1. The maximum atomic E-state index is 13.1. The number of H-pyrrole nitrogens is 1. The molecule has 0 aliphatic carbocycles. The Balaban J connectivity index is 1.55. The van der Waals surface area contributed by atoms with Crippen molar-refractivity contribution in [1.82, 2.24) is 10.3 Å². The van der Waals surface area contributed by atoms with Gasteiger partial charge in [0.25, 0.3) is 0 Å². The number of hydrogen-bond donors (Lipinski definition) is 3. The predicted octanol–water partition coefficient (Wildman–Crippen LogP) is 5.43. The third-order valence-corrected chi connectivity index (χ3v) is 5.01. The van der Waals surface area contributed by atoms with E-state index < -0.39 is 0 Å². The average molecular weight is 389 g/mol. The van der Waals surface area contributed by atoms with Gasteiger partial charge < -0.3 is 15.6 Å². The molecule has 0 radical (unpaired) electrons. The maximum Gasteiger partial charge on any atom is 0.170 e. The van der Waals surface area contributed by atoms with Gasteiger partial charge in [-0.05, 0) is 53.7 Å². The van der Waals surface area contributed by atoms with E-state index in [9.17, 15) is 4.39 Å². The zero-order chi connectivity index (χ0) is 19.3. The molecular weight excluding hydrogens is 369 g/mol. The summed E-state index contributed by atoms with van der Waals surface area (Å²) >= 11 is 5.44. The first-order chi connectivity index (χ1) is 13.7. The van der Waals surface area contributed by atoms with Gasteiger partial charge in [0.2, 0.25) is 0 Å². The lowest BCUT2D eigenvalue weighted by Gasteiger charge is -2.19. The summed E-state index contributed by atoms with van der Waals surface area (Å²) in [6.45, 7) is 0.638. The summed E-state index contributed by atoms with van der Waals surface area (Å²) in [5.74, 6) is -0.141. The van der Waals surface area contributed by atoms with Gasteiger partial charge in [-0.3, -0.25) is 0 Å². The first-order valence-corrected chi connectivity index (χ1v) is 9.53. The number of halogens is 1. The van der Waals surface area contributed by atoms with E-state index in [-0.39, 0.29) is 11.7 Å². The number of rotatable bonds is 5. The highest BCUT2D eigenvalue weighted by Gasteiger charge is 2.18. The number of aromatic nitrogens is 1. The molecule has 1 atom stereocenters. The number of aromatic amines is 1. The lowest BCUT2D eigenvalue weighted by Crippen LogP contribution is -2.32. The van der Waals surface area contributed by atoms with Crippen LogP contribution in [0, 0.1) is 5.82 Å². The van der Waals surface area contributed by atoms with Crippen LogP contribution < -0.4 is 10.6 Å². The lowest BCUT2D eigenvalue weighted by atomic mass is 9.91. The molecular formula is C23H20FN3S. The monoisotopic (exact) mass is 389 g/mol. The number of benzene rings is 3. The van der Waals surface area contributed by atoms with Crippen molar-refractivity contribution in [2.75, 3.05) is 11.9 Å². The van der Waals surface area contributed by atoms with E-state index in [1.165, 1.54) is 28.6 Å². The Kier molecular flexibility index (Phi) is 5.35. The van der Waals surface area contributed by atoms with Crippen molar-refractivity contribution >= 4 is 33.9 Å². The number of nitrogens with one attached hydrogen (secondary N) is 3. The van der Waals surface area contributed by atoms with Crippen LogP contribution in [-0.4, -0.2) is 16.6 Å². The van der Waals surface area contributed by atoms with Gasteiger partial charge in [0.15, 0.2) is 5.11 Å². The van der Waals surface area contributed by atoms with Crippen LogP contribution in [0.5, 0.6) is 0 Å². The van der Waals surface area contributed by atoms with Gasteiger partial charge in [0, 0.05) is 35.2 Å². The van der Waals surface area contributed by atoms with E-state index in [0.717, 1.165) is 11.2 Å². The third-order valence-electron chi connectivity index (χ3n) is 4.77. The predicted molar refractivity (Wildman–Crippen MR) is 117 cm³/mol.